The molecule has 1 aliphatic heterocycles. The molecule has 0 saturated carbocycles. The Bertz CT molecular complexity index is 906. The fourth-order valence-corrected chi connectivity index (χ4v) is 3.19. The second kappa shape index (κ2) is 10.6. The number of nitrogens with zero attached hydrogens (tertiary/aromatic N) is 1. The highest BCUT2D eigenvalue weighted by Crippen LogP contribution is 2.17. The largest absolute Gasteiger partial charge is 0.376 e. The highest BCUT2D eigenvalue weighted by atomic mass is 16.5. The van der Waals surface area contributed by atoms with Crippen molar-refractivity contribution in [1.29, 1.82) is 0 Å². The van der Waals surface area contributed by atoms with Gasteiger partial charge in [-0.25, -0.2) is 0 Å². The van der Waals surface area contributed by atoms with Gasteiger partial charge >= 0.3 is 0 Å². The van der Waals surface area contributed by atoms with Gasteiger partial charge in [0.05, 0.1) is 12.6 Å². The zero-order valence-corrected chi connectivity index (χ0v) is 17.8. The molecule has 1 saturated heterocycles. The number of benzene rings is 2. The van der Waals surface area contributed by atoms with Gasteiger partial charge in [0.15, 0.2) is 0 Å². The molecule has 0 aromatic heterocycles. The molecule has 2 aromatic rings. The number of carbonyl (C=O) groups excluding carboxylic acids is 3. The summed E-state index contributed by atoms with van der Waals surface area (Å²) < 4.78 is 5.50. The highest BCUT2D eigenvalue weighted by molar-refractivity contribution is 5.96. The number of ether oxygens (including phenoxy) is 1. The number of hydrogen-bond acceptors (Lipinski definition) is 5. The molecular weight excluding hydrogens is 396 g/mol. The molecule has 8 heteroatoms. The van der Waals surface area contributed by atoms with Gasteiger partial charge in [0, 0.05) is 49.7 Å². The average molecular weight is 425 g/mol. The van der Waals surface area contributed by atoms with Gasteiger partial charge in [0.1, 0.15) is 0 Å². The van der Waals surface area contributed by atoms with Gasteiger partial charge in [0.25, 0.3) is 5.91 Å². The van der Waals surface area contributed by atoms with Crippen LogP contribution in [-0.2, 0) is 14.3 Å². The number of amides is 3. The van der Waals surface area contributed by atoms with Gasteiger partial charge in [0.2, 0.25) is 11.8 Å². The summed E-state index contributed by atoms with van der Waals surface area (Å²) in [7, 11) is 1.69. The Morgan fingerprint density at radius 2 is 1.71 bits per heavy atom. The molecule has 0 bridgehead atoms. The van der Waals surface area contributed by atoms with E-state index in [1.807, 2.05) is 0 Å². The van der Waals surface area contributed by atoms with Crippen LogP contribution in [0.3, 0.4) is 0 Å². The Morgan fingerprint density at radius 1 is 1.03 bits per heavy atom. The van der Waals surface area contributed by atoms with E-state index in [0.717, 1.165) is 30.8 Å². The van der Waals surface area contributed by atoms with Crippen molar-refractivity contribution >= 4 is 34.8 Å². The zero-order chi connectivity index (χ0) is 22.2. The Morgan fingerprint density at radius 3 is 2.32 bits per heavy atom. The van der Waals surface area contributed by atoms with Crippen molar-refractivity contribution < 1.29 is 19.1 Å². The predicted molar refractivity (Wildman–Crippen MR) is 120 cm³/mol. The summed E-state index contributed by atoms with van der Waals surface area (Å²) in [4.78, 5) is 37.3. The fraction of sp³-hybridized carbons (Fsp3) is 0.348. The van der Waals surface area contributed by atoms with Gasteiger partial charge in [-0.3, -0.25) is 14.4 Å². The van der Waals surface area contributed by atoms with E-state index in [2.05, 4.69) is 16.0 Å². The average Bonchev–Trinajstić information content (AvgIpc) is 3.30. The first-order valence-corrected chi connectivity index (χ1v) is 10.3. The number of hydrogen-bond donors (Lipinski definition) is 3. The topological polar surface area (TPSA) is 99.8 Å². The molecule has 3 rings (SSSR count). The lowest BCUT2D eigenvalue weighted by molar-refractivity contribution is -0.116. The second-order valence-corrected chi connectivity index (χ2v) is 7.45. The maximum atomic E-state index is 12.2. The summed E-state index contributed by atoms with van der Waals surface area (Å²) in [5.74, 6) is -0.406. The van der Waals surface area contributed by atoms with Gasteiger partial charge in [-0.2, -0.15) is 0 Å². The lowest BCUT2D eigenvalue weighted by Gasteiger charge is -2.15. The second-order valence-electron chi connectivity index (χ2n) is 7.45. The van der Waals surface area contributed by atoms with Crippen molar-refractivity contribution in [3.05, 3.63) is 54.1 Å². The first-order valence-electron chi connectivity index (χ1n) is 10.3. The normalized spacial score (nSPS) is 15.2. The summed E-state index contributed by atoms with van der Waals surface area (Å²) in [6.07, 6.45) is 2.12. The van der Waals surface area contributed by atoms with E-state index in [-0.39, 0.29) is 30.4 Å². The number of rotatable bonds is 8. The smallest absolute Gasteiger partial charge is 0.251 e. The molecule has 164 valence electrons. The first kappa shape index (κ1) is 22.3. The molecule has 8 nitrogen and oxygen atoms in total. The van der Waals surface area contributed by atoms with Crippen LogP contribution in [0.15, 0.2) is 48.5 Å². The van der Waals surface area contributed by atoms with Crippen LogP contribution in [0.4, 0.5) is 17.1 Å². The third kappa shape index (κ3) is 6.55. The Labute approximate surface area is 182 Å². The summed E-state index contributed by atoms with van der Waals surface area (Å²) in [5.41, 5.74) is 2.70. The van der Waals surface area contributed by atoms with E-state index < -0.39 is 0 Å². The van der Waals surface area contributed by atoms with Crippen molar-refractivity contribution in [2.24, 2.45) is 0 Å². The Balaban J connectivity index is 1.43. The van der Waals surface area contributed by atoms with E-state index in [1.54, 1.807) is 55.6 Å². The van der Waals surface area contributed by atoms with E-state index in [9.17, 15) is 14.4 Å². The number of anilines is 3. The van der Waals surface area contributed by atoms with Crippen molar-refractivity contribution in [3.8, 4) is 0 Å². The maximum absolute atomic E-state index is 12.2. The molecule has 3 amide bonds. The zero-order valence-electron chi connectivity index (χ0n) is 17.8. The molecular formula is C23H28N4O4. The van der Waals surface area contributed by atoms with Crippen LogP contribution in [0.2, 0.25) is 0 Å². The summed E-state index contributed by atoms with van der Waals surface area (Å²) >= 11 is 0. The fourth-order valence-electron chi connectivity index (χ4n) is 3.19. The molecule has 0 spiro atoms. The van der Waals surface area contributed by atoms with Crippen LogP contribution in [0, 0.1) is 0 Å². The molecule has 0 aliphatic carbocycles. The molecule has 2 aromatic carbocycles. The Hall–Kier alpha value is -3.39. The van der Waals surface area contributed by atoms with Gasteiger partial charge in [-0.15, -0.1) is 0 Å². The standard InChI is InChI=1S/C23H28N4O4/c1-16(28)27(2)20-11-9-19(10-12-20)26-22(29)15-24-18-7-5-17(6-8-18)23(30)25-14-21-4-3-13-31-21/h5-12,21,24H,3-4,13-15H2,1-2H3,(H,25,30)(H,26,29). The molecule has 0 radical (unpaired) electrons. The minimum Gasteiger partial charge on any atom is -0.376 e. The lowest BCUT2D eigenvalue weighted by atomic mass is 10.2. The minimum absolute atomic E-state index is 0.0627. The Kier molecular flexibility index (Phi) is 7.61. The van der Waals surface area contributed by atoms with Crippen LogP contribution in [0.5, 0.6) is 0 Å². The van der Waals surface area contributed by atoms with Crippen LogP contribution >= 0.6 is 0 Å². The summed E-state index contributed by atoms with van der Waals surface area (Å²) in [6, 6.07) is 14.0. The third-order valence-corrected chi connectivity index (χ3v) is 5.13. The monoisotopic (exact) mass is 424 g/mol. The van der Waals surface area contributed by atoms with Crippen LogP contribution in [-0.4, -0.2) is 50.6 Å². The predicted octanol–water partition coefficient (Wildman–Crippen LogP) is 2.63. The lowest BCUT2D eigenvalue weighted by Crippen LogP contribution is -2.31. The molecule has 1 aliphatic rings. The van der Waals surface area contributed by atoms with Crippen molar-refractivity contribution in [2.45, 2.75) is 25.9 Å². The van der Waals surface area contributed by atoms with Crippen molar-refractivity contribution in [1.82, 2.24) is 5.32 Å². The number of carbonyl (C=O) groups is 3. The van der Waals surface area contributed by atoms with Gasteiger partial charge in [-0.1, -0.05) is 0 Å². The number of nitrogens with one attached hydrogen (secondary N) is 3. The molecule has 1 heterocycles. The third-order valence-electron chi connectivity index (χ3n) is 5.13. The van der Waals surface area contributed by atoms with Crippen LogP contribution < -0.4 is 20.9 Å². The van der Waals surface area contributed by atoms with E-state index in [4.69, 9.17) is 4.74 Å². The molecule has 1 atom stereocenters. The molecule has 31 heavy (non-hydrogen) atoms. The van der Waals surface area contributed by atoms with Crippen molar-refractivity contribution in [2.75, 3.05) is 42.3 Å². The summed E-state index contributed by atoms with van der Waals surface area (Å²) in [6.45, 7) is 2.85. The minimum atomic E-state index is -0.203. The van der Waals surface area contributed by atoms with E-state index in [1.165, 1.54) is 11.8 Å². The van der Waals surface area contributed by atoms with E-state index >= 15 is 0 Å². The van der Waals surface area contributed by atoms with Gasteiger partial charge < -0.3 is 25.6 Å². The molecule has 3 N–H and O–H groups in total. The molecule has 1 unspecified atom stereocenters. The summed E-state index contributed by atoms with van der Waals surface area (Å²) in [5, 5.41) is 8.72. The SMILES string of the molecule is CC(=O)N(C)c1ccc(NC(=O)CNc2ccc(C(=O)NCC3CCCO3)cc2)cc1. The molecule has 1 fully saturated rings. The highest BCUT2D eigenvalue weighted by Gasteiger charge is 2.16. The van der Waals surface area contributed by atoms with Crippen molar-refractivity contribution in [3.63, 3.8) is 0 Å². The van der Waals surface area contributed by atoms with Crippen LogP contribution in [0.1, 0.15) is 30.1 Å². The quantitative estimate of drug-likeness (QED) is 0.605. The van der Waals surface area contributed by atoms with Crippen LogP contribution in [0.25, 0.3) is 0 Å². The first-order chi connectivity index (χ1) is 14.9. The van der Waals surface area contributed by atoms with Gasteiger partial charge in [-0.05, 0) is 61.4 Å². The van der Waals surface area contributed by atoms with E-state index in [0.29, 0.717) is 17.8 Å². The maximum Gasteiger partial charge on any atom is 0.251 e.